The van der Waals surface area contributed by atoms with Gasteiger partial charge in [-0.15, -0.1) is 11.3 Å². The second kappa shape index (κ2) is 6.49. The van der Waals surface area contributed by atoms with Crippen LogP contribution in [0.2, 0.25) is 0 Å². The van der Waals surface area contributed by atoms with Gasteiger partial charge in [0.15, 0.2) is 11.5 Å². The quantitative estimate of drug-likeness (QED) is 0.823. The maximum absolute atomic E-state index is 11.8. The van der Waals surface area contributed by atoms with Crippen LogP contribution in [-0.2, 0) is 0 Å². The Labute approximate surface area is 116 Å². The highest BCUT2D eigenvalue weighted by Crippen LogP contribution is 2.24. The smallest absolute Gasteiger partial charge is 0.273 e. The van der Waals surface area contributed by atoms with Gasteiger partial charge in [0.05, 0.1) is 4.88 Å². The van der Waals surface area contributed by atoms with E-state index in [2.05, 4.69) is 15.4 Å². The Kier molecular flexibility index (Phi) is 4.70. The normalized spacial score (nSPS) is 10.9. The molecule has 0 aromatic carbocycles. The van der Waals surface area contributed by atoms with Crippen LogP contribution >= 0.6 is 11.3 Å². The van der Waals surface area contributed by atoms with Gasteiger partial charge in [-0.3, -0.25) is 4.79 Å². The molecule has 0 aliphatic rings. The minimum Gasteiger partial charge on any atom is -0.355 e. The molecule has 1 N–H and O–H groups in total. The second-order valence-electron chi connectivity index (χ2n) is 4.47. The number of nitrogens with one attached hydrogen (secondary N) is 1. The first kappa shape index (κ1) is 13.8. The Balaban J connectivity index is 1.86. The number of aromatic nitrogens is 1. The van der Waals surface area contributed by atoms with Crippen LogP contribution in [0.5, 0.6) is 0 Å². The minimum absolute atomic E-state index is 0.190. The molecule has 1 amide bonds. The van der Waals surface area contributed by atoms with Gasteiger partial charge >= 0.3 is 0 Å². The fourth-order valence-corrected chi connectivity index (χ4v) is 2.28. The van der Waals surface area contributed by atoms with E-state index < -0.39 is 0 Å². The molecule has 0 aliphatic heterocycles. The second-order valence-corrected chi connectivity index (χ2v) is 5.41. The zero-order chi connectivity index (χ0) is 13.7. The largest absolute Gasteiger partial charge is 0.355 e. The summed E-state index contributed by atoms with van der Waals surface area (Å²) in [5.74, 6) is 0.443. The monoisotopic (exact) mass is 279 g/mol. The molecule has 0 atom stereocenters. The fraction of sp³-hybridized carbons (Fsp3) is 0.385. The van der Waals surface area contributed by atoms with Crippen LogP contribution < -0.4 is 5.32 Å². The molecule has 0 saturated heterocycles. The van der Waals surface area contributed by atoms with Crippen LogP contribution in [0.4, 0.5) is 0 Å². The van der Waals surface area contributed by atoms with Crippen LogP contribution in [0.3, 0.4) is 0 Å². The molecule has 0 saturated carbocycles. The number of hydrogen-bond acceptors (Lipinski definition) is 5. The van der Waals surface area contributed by atoms with Crippen molar-refractivity contribution < 1.29 is 9.32 Å². The summed E-state index contributed by atoms with van der Waals surface area (Å²) < 4.78 is 5.17. The topological polar surface area (TPSA) is 58.4 Å². The molecule has 0 bridgehead atoms. The number of carbonyl (C=O) groups excluding carboxylic acids is 1. The summed E-state index contributed by atoms with van der Waals surface area (Å²) in [5.41, 5.74) is 0.327. The highest BCUT2D eigenvalue weighted by atomic mass is 32.1. The van der Waals surface area contributed by atoms with E-state index in [1.807, 2.05) is 31.6 Å². The van der Waals surface area contributed by atoms with Gasteiger partial charge in [-0.05, 0) is 38.5 Å². The lowest BCUT2D eigenvalue weighted by atomic mass is 10.3. The molecule has 0 spiro atoms. The SMILES string of the molecule is CN(C)CCCNC(=O)c1cc(-c2cccs2)on1. The molecular formula is C13H17N3O2S. The van der Waals surface area contributed by atoms with Gasteiger partial charge in [0.25, 0.3) is 5.91 Å². The van der Waals surface area contributed by atoms with Crippen LogP contribution in [0.15, 0.2) is 28.1 Å². The standard InChI is InChI=1S/C13H17N3O2S/c1-16(2)7-4-6-14-13(17)10-9-11(18-15-10)12-5-3-8-19-12/h3,5,8-9H,4,6-7H2,1-2H3,(H,14,17). The van der Waals surface area contributed by atoms with Gasteiger partial charge in [-0.2, -0.15) is 0 Å². The summed E-state index contributed by atoms with van der Waals surface area (Å²) in [4.78, 5) is 14.9. The minimum atomic E-state index is -0.190. The summed E-state index contributed by atoms with van der Waals surface area (Å²) >= 11 is 1.55. The van der Waals surface area contributed by atoms with Crippen molar-refractivity contribution in [1.82, 2.24) is 15.4 Å². The predicted molar refractivity (Wildman–Crippen MR) is 75.3 cm³/mol. The molecule has 19 heavy (non-hydrogen) atoms. The fourth-order valence-electron chi connectivity index (χ4n) is 1.60. The lowest BCUT2D eigenvalue weighted by Gasteiger charge is -2.08. The number of carbonyl (C=O) groups is 1. The van der Waals surface area contributed by atoms with Crippen LogP contribution in [-0.4, -0.2) is 43.1 Å². The molecular weight excluding hydrogens is 262 g/mol. The van der Waals surface area contributed by atoms with E-state index in [9.17, 15) is 4.79 Å². The lowest BCUT2D eigenvalue weighted by molar-refractivity contribution is 0.0943. The lowest BCUT2D eigenvalue weighted by Crippen LogP contribution is -2.27. The van der Waals surface area contributed by atoms with Gasteiger partial charge in [-0.1, -0.05) is 11.2 Å². The number of nitrogens with zero attached hydrogens (tertiary/aromatic N) is 2. The first-order chi connectivity index (χ1) is 9.16. The molecule has 2 heterocycles. The third kappa shape index (κ3) is 3.90. The molecule has 102 valence electrons. The van der Waals surface area contributed by atoms with Crippen molar-refractivity contribution in [1.29, 1.82) is 0 Å². The predicted octanol–water partition coefficient (Wildman–Crippen LogP) is 2.08. The maximum Gasteiger partial charge on any atom is 0.273 e. The highest BCUT2D eigenvalue weighted by molar-refractivity contribution is 7.13. The molecule has 0 unspecified atom stereocenters. The molecule has 5 nitrogen and oxygen atoms in total. The van der Waals surface area contributed by atoms with Gasteiger partial charge < -0.3 is 14.7 Å². The first-order valence-corrected chi connectivity index (χ1v) is 6.98. The maximum atomic E-state index is 11.8. The van der Waals surface area contributed by atoms with Crippen LogP contribution in [0.25, 0.3) is 10.6 Å². The number of thiophene rings is 1. The first-order valence-electron chi connectivity index (χ1n) is 6.10. The van der Waals surface area contributed by atoms with Gasteiger partial charge in [0.2, 0.25) is 0 Å². The molecule has 0 radical (unpaired) electrons. The zero-order valence-corrected chi connectivity index (χ0v) is 11.9. The summed E-state index contributed by atoms with van der Waals surface area (Å²) in [6.07, 6.45) is 0.911. The van der Waals surface area contributed by atoms with E-state index in [-0.39, 0.29) is 5.91 Å². The zero-order valence-electron chi connectivity index (χ0n) is 11.0. The van der Waals surface area contributed by atoms with E-state index >= 15 is 0 Å². The molecule has 6 heteroatoms. The Morgan fingerprint density at radius 2 is 2.37 bits per heavy atom. The third-order valence-corrected chi connectivity index (χ3v) is 3.46. The van der Waals surface area contributed by atoms with Crippen molar-refractivity contribution in [3.05, 3.63) is 29.3 Å². The van der Waals surface area contributed by atoms with Crippen molar-refractivity contribution in [3.63, 3.8) is 0 Å². The number of amides is 1. The Morgan fingerprint density at radius 1 is 1.53 bits per heavy atom. The van der Waals surface area contributed by atoms with E-state index in [0.29, 0.717) is 18.0 Å². The van der Waals surface area contributed by atoms with Crippen molar-refractivity contribution in [3.8, 4) is 10.6 Å². The number of rotatable bonds is 6. The Hall–Kier alpha value is -1.66. The highest BCUT2D eigenvalue weighted by Gasteiger charge is 2.13. The van der Waals surface area contributed by atoms with E-state index in [4.69, 9.17) is 4.52 Å². The summed E-state index contributed by atoms with van der Waals surface area (Å²) in [5, 5.41) is 8.58. The van der Waals surface area contributed by atoms with Crippen LogP contribution in [0, 0.1) is 0 Å². The Bertz CT molecular complexity index is 520. The van der Waals surface area contributed by atoms with E-state index in [0.717, 1.165) is 17.8 Å². The van der Waals surface area contributed by atoms with Crippen molar-refractivity contribution in [2.45, 2.75) is 6.42 Å². The van der Waals surface area contributed by atoms with E-state index in [1.165, 1.54) is 0 Å². The summed E-state index contributed by atoms with van der Waals surface area (Å²) in [7, 11) is 4.01. The van der Waals surface area contributed by atoms with Gasteiger partial charge in [0, 0.05) is 12.6 Å². The summed E-state index contributed by atoms with van der Waals surface area (Å²) in [6.45, 7) is 1.58. The van der Waals surface area contributed by atoms with Crippen molar-refractivity contribution >= 4 is 17.2 Å². The molecule has 0 fully saturated rings. The van der Waals surface area contributed by atoms with Crippen molar-refractivity contribution in [2.24, 2.45) is 0 Å². The molecule has 2 aromatic heterocycles. The van der Waals surface area contributed by atoms with Gasteiger partial charge in [0.1, 0.15) is 0 Å². The molecule has 2 aromatic rings. The number of hydrogen-bond donors (Lipinski definition) is 1. The average molecular weight is 279 g/mol. The third-order valence-electron chi connectivity index (χ3n) is 2.57. The Morgan fingerprint density at radius 3 is 3.05 bits per heavy atom. The van der Waals surface area contributed by atoms with E-state index in [1.54, 1.807) is 17.4 Å². The van der Waals surface area contributed by atoms with Crippen molar-refractivity contribution in [2.75, 3.05) is 27.2 Å². The van der Waals surface area contributed by atoms with Gasteiger partial charge in [-0.25, -0.2) is 0 Å². The molecule has 2 rings (SSSR count). The summed E-state index contributed by atoms with van der Waals surface area (Å²) in [6, 6.07) is 5.54. The van der Waals surface area contributed by atoms with Crippen LogP contribution in [0.1, 0.15) is 16.9 Å². The molecule has 0 aliphatic carbocycles. The average Bonchev–Trinajstić information content (AvgIpc) is 3.03.